The summed E-state index contributed by atoms with van der Waals surface area (Å²) in [7, 11) is 0. The van der Waals surface area contributed by atoms with E-state index in [-0.39, 0.29) is 11.3 Å². The van der Waals surface area contributed by atoms with Crippen LogP contribution in [0, 0.1) is 18.6 Å². The molecule has 0 spiro atoms. The van der Waals surface area contributed by atoms with Crippen LogP contribution in [-0.2, 0) is 0 Å². The number of hydrogen-bond donors (Lipinski definition) is 2. The van der Waals surface area contributed by atoms with Gasteiger partial charge in [-0.05, 0) is 31.1 Å². The van der Waals surface area contributed by atoms with E-state index in [0.717, 1.165) is 18.6 Å². The lowest BCUT2D eigenvalue weighted by atomic mass is 9.99. The summed E-state index contributed by atoms with van der Waals surface area (Å²) in [6.45, 7) is 1.55. The van der Waals surface area contributed by atoms with Crippen molar-refractivity contribution >= 4 is 11.8 Å². The molecule has 0 amide bonds. The smallest absolute Gasteiger partial charge is 0.163 e. The maximum Gasteiger partial charge on any atom is 0.163 e. The number of benzene rings is 1. The van der Waals surface area contributed by atoms with Crippen molar-refractivity contribution in [2.24, 2.45) is 5.84 Å². The van der Waals surface area contributed by atoms with Crippen LogP contribution in [0.2, 0.25) is 0 Å². The highest BCUT2D eigenvalue weighted by atomic mass is 32.2. The summed E-state index contributed by atoms with van der Waals surface area (Å²) >= 11 is 1.76. The van der Waals surface area contributed by atoms with Crippen molar-refractivity contribution in [3.63, 3.8) is 0 Å². The molecule has 2 atom stereocenters. The first-order valence-corrected chi connectivity index (χ1v) is 6.72. The molecule has 0 radical (unpaired) electrons. The van der Waals surface area contributed by atoms with Gasteiger partial charge < -0.3 is 0 Å². The van der Waals surface area contributed by atoms with E-state index in [9.17, 15) is 8.78 Å². The van der Waals surface area contributed by atoms with Gasteiger partial charge in [-0.25, -0.2) is 8.78 Å². The average Bonchev–Trinajstić information content (AvgIpc) is 2.84. The van der Waals surface area contributed by atoms with Crippen molar-refractivity contribution in [2.45, 2.75) is 31.1 Å². The van der Waals surface area contributed by atoms with Gasteiger partial charge in [0.25, 0.3) is 0 Å². The van der Waals surface area contributed by atoms with Gasteiger partial charge in [-0.2, -0.15) is 11.8 Å². The van der Waals surface area contributed by atoms with Crippen LogP contribution in [-0.4, -0.2) is 11.0 Å². The molecule has 5 heteroatoms. The Labute approximate surface area is 104 Å². The van der Waals surface area contributed by atoms with E-state index in [1.54, 1.807) is 30.8 Å². The van der Waals surface area contributed by atoms with E-state index >= 15 is 0 Å². The normalized spacial score (nSPS) is 21.8. The number of rotatable bonds is 3. The Morgan fingerprint density at radius 1 is 1.41 bits per heavy atom. The minimum atomic E-state index is -0.777. The lowest BCUT2D eigenvalue weighted by molar-refractivity contribution is 0.452. The van der Waals surface area contributed by atoms with Crippen molar-refractivity contribution in [2.75, 3.05) is 5.75 Å². The second kappa shape index (κ2) is 5.33. The van der Waals surface area contributed by atoms with Gasteiger partial charge in [0.1, 0.15) is 0 Å². The van der Waals surface area contributed by atoms with Gasteiger partial charge >= 0.3 is 0 Å². The zero-order valence-corrected chi connectivity index (χ0v) is 10.5. The first kappa shape index (κ1) is 12.8. The molecule has 2 unspecified atom stereocenters. The largest absolute Gasteiger partial charge is 0.271 e. The SMILES string of the molecule is Cc1ccc(C(NN)C2CCCS2)c(F)c1F. The van der Waals surface area contributed by atoms with Crippen molar-refractivity contribution in [1.82, 2.24) is 5.43 Å². The van der Waals surface area contributed by atoms with Gasteiger partial charge in [0.05, 0.1) is 6.04 Å². The Bertz CT molecular complexity index is 406. The standard InChI is InChI=1S/C12H16F2N2S/c1-7-4-5-8(11(14)10(7)13)12(16-15)9-3-2-6-17-9/h4-5,9,12,16H,2-3,6,15H2,1H3. The molecule has 0 aromatic heterocycles. The first-order chi connectivity index (χ1) is 8.15. The van der Waals surface area contributed by atoms with E-state index in [2.05, 4.69) is 5.43 Å². The average molecular weight is 258 g/mol. The fourth-order valence-corrected chi connectivity index (χ4v) is 3.55. The van der Waals surface area contributed by atoms with Crippen LogP contribution in [0.25, 0.3) is 0 Å². The molecular weight excluding hydrogens is 242 g/mol. The van der Waals surface area contributed by atoms with E-state index in [4.69, 9.17) is 5.84 Å². The van der Waals surface area contributed by atoms with E-state index < -0.39 is 11.6 Å². The molecule has 3 N–H and O–H groups in total. The second-order valence-electron chi connectivity index (χ2n) is 4.30. The number of nitrogens with one attached hydrogen (secondary N) is 1. The molecule has 0 bridgehead atoms. The Morgan fingerprint density at radius 3 is 2.76 bits per heavy atom. The number of aryl methyl sites for hydroxylation is 1. The van der Waals surface area contributed by atoms with Crippen LogP contribution in [0.15, 0.2) is 12.1 Å². The Balaban J connectivity index is 2.33. The van der Waals surface area contributed by atoms with E-state index in [0.29, 0.717) is 11.1 Å². The highest BCUT2D eigenvalue weighted by Crippen LogP contribution is 2.36. The molecule has 1 heterocycles. The van der Waals surface area contributed by atoms with Gasteiger partial charge in [-0.1, -0.05) is 12.1 Å². The van der Waals surface area contributed by atoms with Crippen LogP contribution >= 0.6 is 11.8 Å². The molecule has 1 aromatic rings. The van der Waals surface area contributed by atoms with Crippen LogP contribution in [0.5, 0.6) is 0 Å². The fourth-order valence-electron chi connectivity index (χ4n) is 2.16. The van der Waals surface area contributed by atoms with Crippen LogP contribution in [0.4, 0.5) is 8.78 Å². The quantitative estimate of drug-likeness (QED) is 0.646. The van der Waals surface area contributed by atoms with E-state index in [1.807, 2.05) is 0 Å². The lowest BCUT2D eigenvalue weighted by Gasteiger charge is -2.23. The topological polar surface area (TPSA) is 38.0 Å². The third-order valence-electron chi connectivity index (χ3n) is 3.16. The van der Waals surface area contributed by atoms with Gasteiger partial charge in [0.15, 0.2) is 11.6 Å². The number of thioether (sulfide) groups is 1. The summed E-state index contributed by atoms with van der Waals surface area (Å²) in [5.41, 5.74) is 3.27. The summed E-state index contributed by atoms with van der Waals surface area (Å²) in [6, 6.07) is 2.90. The van der Waals surface area contributed by atoms with Crippen LogP contribution < -0.4 is 11.3 Å². The van der Waals surface area contributed by atoms with Crippen LogP contribution in [0.3, 0.4) is 0 Å². The maximum atomic E-state index is 13.9. The summed E-state index contributed by atoms with van der Waals surface area (Å²) in [5, 5.41) is 0.219. The second-order valence-corrected chi connectivity index (χ2v) is 5.64. The molecule has 0 aliphatic carbocycles. The summed E-state index contributed by atoms with van der Waals surface area (Å²) in [4.78, 5) is 0. The van der Waals surface area contributed by atoms with Crippen molar-refractivity contribution in [3.05, 3.63) is 34.9 Å². The molecule has 2 rings (SSSR count). The summed E-state index contributed by atoms with van der Waals surface area (Å²) in [6.07, 6.45) is 2.08. The number of hydrazine groups is 1. The van der Waals surface area contributed by atoms with E-state index in [1.165, 1.54) is 0 Å². The molecule has 2 nitrogen and oxygen atoms in total. The van der Waals surface area contributed by atoms with Gasteiger partial charge in [0.2, 0.25) is 0 Å². The first-order valence-electron chi connectivity index (χ1n) is 5.67. The number of nitrogens with two attached hydrogens (primary N) is 1. The predicted octanol–water partition coefficient (Wildman–Crippen LogP) is 2.67. The molecule has 1 saturated heterocycles. The van der Waals surface area contributed by atoms with Gasteiger partial charge in [-0.15, -0.1) is 0 Å². The summed E-state index contributed by atoms with van der Waals surface area (Å²) < 4.78 is 27.4. The molecule has 1 aliphatic rings. The zero-order valence-electron chi connectivity index (χ0n) is 9.67. The highest BCUT2D eigenvalue weighted by Gasteiger charge is 2.29. The van der Waals surface area contributed by atoms with Gasteiger partial charge in [-0.3, -0.25) is 11.3 Å². The third-order valence-corrected chi connectivity index (χ3v) is 4.62. The zero-order chi connectivity index (χ0) is 12.4. The Hall–Kier alpha value is -0.650. The monoisotopic (exact) mass is 258 g/mol. The lowest BCUT2D eigenvalue weighted by Crippen LogP contribution is -2.35. The predicted molar refractivity (Wildman–Crippen MR) is 66.6 cm³/mol. The Kier molecular flexibility index (Phi) is 4.01. The third kappa shape index (κ3) is 2.46. The molecule has 1 aliphatic heterocycles. The minimum absolute atomic E-state index is 0.219. The molecule has 94 valence electrons. The molecular formula is C12H16F2N2S. The molecule has 17 heavy (non-hydrogen) atoms. The van der Waals surface area contributed by atoms with Crippen LogP contribution in [0.1, 0.15) is 30.0 Å². The van der Waals surface area contributed by atoms with Crippen molar-refractivity contribution in [3.8, 4) is 0 Å². The van der Waals surface area contributed by atoms with Crippen molar-refractivity contribution in [1.29, 1.82) is 0 Å². The van der Waals surface area contributed by atoms with Crippen molar-refractivity contribution < 1.29 is 8.78 Å². The minimum Gasteiger partial charge on any atom is -0.271 e. The maximum absolute atomic E-state index is 13.9. The fraction of sp³-hybridized carbons (Fsp3) is 0.500. The van der Waals surface area contributed by atoms with Gasteiger partial charge in [0, 0.05) is 10.8 Å². The highest BCUT2D eigenvalue weighted by molar-refractivity contribution is 8.00. The molecule has 1 aromatic carbocycles. The summed E-state index contributed by atoms with van der Waals surface area (Å²) in [5.74, 6) is 4.99. The molecule has 1 fully saturated rings. The number of halogens is 2. The Morgan fingerprint density at radius 2 is 2.18 bits per heavy atom. The molecule has 0 saturated carbocycles. The number of hydrogen-bond acceptors (Lipinski definition) is 3.